The Hall–Kier alpha value is -0.690. The number of hydrogen-bond donors (Lipinski definition) is 2. The second-order valence-corrected chi connectivity index (χ2v) is 6.06. The van der Waals surface area contributed by atoms with E-state index in [9.17, 15) is 4.79 Å². The number of rotatable bonds is 6. The van der Waals surface area contributed by atoms with E-state index in [0.29, 0.717) is 13.2 Å². The molecule has 2 fully saturated rings. The lowest BCUT2D eigenvalue weighted by atomic mass is 9.78. The molecule has 6 nitrogen and oxygen atoms in total. The molecular formula is C15H29N3O3. The number of nitrogens with zero attached hydrogens (tertiary/aromatic N) is 1. The molecule has 1 amide bonds. The summed E-state index contributed by atoms with van der Waals surface area (Å²) in [6.07, 6.45) is 1.77. The predicted molar refractivity (Wildman–Crippen MR) is 81.3 cm³/mol. The van der Waals surface area contributed by atoms with Crippen molar-refractivity contribution in [2.24, 2.45) is 5.41 Å². The van der Waals surface area contributed by atoms with Crippen LogP contribution in [-0.4, -0.2) is 76.5 Å². The molecule has 2 aliphatic rings. The van der Waals surface area contributed by atoms with Gasteiger partial charge >= 0.3 is 0 Å². The van der Waals surface area contributed by atoms with Crippen molar-refractivity contribution in [2.75, 3.05) is 59.6 Å². The molecule has 2 heterocycles. The van der Waals surface area contributed by atoms with Crippen molar-refractivity contribution in [3.05, 3.63) is 0 Å². The summed E-state index contributed by atoms with van der Waals surface area (Å²) in [6.45, 7) is 8.66. The van der Waals surface area contributed by atoms with Crippen molar-refractivity contribution in [3.8, 4) is 0 Å². The molecule has 0 aromatic carbocycles. The summed E-state index contributed by atoms with van der Waals surface area (Å²) in [5.41, 5.74) is -0.376. The van der Waals surface area contributed by atoms with E-state index in [2.05, 4.69) is 22.5 Å². The largest absolute Gasteiger partial charge is 0.384 e. The Kier molecular flexibility index (Phi) is 6.41. The number of morpholine rings is 1. The number of amides is 1. The van der Waals surface area contributed by atoms with Crippen LogP contribution in [0.3, 0.4) is 0 Å². The van der Waals surface area contributed by atoms with E-state index in [0.717, 1.165) is 52.2 Å². The molecule has 0 saturated carbocycles. The first-order valence-electron chi connectivity index (χ1n) is 8.02. The Labute approximate surface area is 127 Å². The molecule has 2 rings (SSSR count). The van der Waals surface area contributed by atoms with Crippen molar-refractivity contribution in [1.82, 2.24) is 15.5 Å². The number of ether oxygens (including phenoxy) is 2. The number of methoxy groups -OCH3 is 1. The summed E-state index contributed by atoms with van der Waals surface area (Å²) in [4.78, 5) is 15.0. The first kappa shape index (κ1) is 16.7. The van der Waals surface area contributed by atoms with E-state index in [-0.39, 0.29) is 17.4 Å². The Morgan fingerprint density at radius 3 is 2.90 bits per heavy atom. The minimum atomic E-state index is -0.376. The van der Waals surface area contributed by atoms with Crippen LogP contribution in [0.4, 0.5) is 0 Å². The van der Waals surface area contributed by atoms with Gasteiger partial charge in [-0.2, -0.15) is 0 Å². The average molecular weight is 299 g/mol. The van der Waals surface area contributed by atoms with Crippen LogP contribution in [-0.2, 0) is 14.3 Å². The van der Waals surface area contributed by atoms with Crippen molar-refractivity contribution < 1.29 is 14.3 Å². The Balaban J connectivity index is 1.84. The van der Waals surface area contributed by atoms with E-state index in [1.165, 1.54) is 0 Å². The van der Waals surface area contributed by atoms with Crippen LogP contribution in [0.1, 0.15) is 19.8 Å². The maximum absolute atomic E-state index is 12.6. The number of likely N-dealkylation sites (N-methyl/N-ethyl adjacent to an activating group) is 1. The average Bonchev–Trinajstić information content (AvgIpc) is 2.54. The number of nitrogens with one attached hydrogen (secondary N) is 2. The zero-order chi connectivity index (χ0) is 15.1. The van der Waals surface area contributed by atoms with Crippen molar-refractivity contribution in [2.45, 2.75) is 25.9 Å². The molecule has 1 unspecified atom stereocenters. The molecule has 0 aromatic rings. The van der Waals surface area contributed by atoms with Crippen molar-refractivity contribution in [3.63, 3.8) is 0 Å². The van der Waals surface area contributed by atoms with Gasteiger partial charge in [-0.25, -0.2) is 0 Å². The highest BCUT2D eigenvalue weighted by molar-refractivity contribution is 5.83. The van der Waals surface area contributed by atoms with Gasteiger partial charge in [0.15, 0.2) is 0 Å². The lowest BCUT2D eigenvalue weighted by molar-refractivity contribution is -0.137. The highest BCUT2D eigenvalue weighted by Gasteiger charge is 2.39. The predicted octanol–water partition coefficient (Wildman–Crippen LogP) is -0.160. The number of carbonyl (C=O) groups excluding carboxylic acids is 1. The maximum Gasteiger partial charge on any atom is 0.228 e. The summed E-state index contributed by atoms with van der Waals surface area (Å²) in [5, 5.41) is 6.40. The molecule has 1 atom stereocenters. The topological polar surface area (TPSA) is 62.8 Å². The normalized spacial score (nSPS) is 26.5. The molecule has 21 heavy (non-hydrogen) atoms. The fraction of sp³-hybridized carbons (Fsp3) is 0.933. The van der Waals surface area contributed by atoms with Crippen LogP contribution in [0.25, 0.3) is 0 Å². The first-order valence-corrected chi connectivity index (χ1v) is 8.02. The fourth-order valence-electron chi connectivity index (χ4n) is 3.20. The summed E-state index contributed by atoms with van der Waals surface area (Å²) < 4.78 is 11.0. The third kappa shape index (κ3) is 4.39. The molecule has 0 spiro atoms. The van der Waals surface area contributed by atoms with E-state index < -0.39 is 0 Å². The number of piperidine rings is 1. The SMILES string of the molecule is CCN1CCOC(CNC(=O)C2(COC)CCNCC2)C1. The van der Waals surface area contributed by atoms with Crippen molar-refractivity contribution >= 4 is 5.91 Å². The second-order valence-electron chi connectivity index (χ2n) is 6.06. The van der Waals surface area contributed by atoms with Gasteiger partial charge in [0, 0.05) is 26.7 Å². The van der Waals surface area contributed by atoms with Gasteiger partial charge in [0.1, 0.15) is 0 Å². The highest BCUT2D eigenvalue weighted by Crippen LogP contribution is 2.29. The van der Waals surface area contributed by atoms with Crippen LogP contribution in [0.2, 0.25) is 0 Å². The minimum Gasteiger partial charge on any atom is -0.384 e. The smallest absolute Gasteiger partial charge is 0.228 e. The Bertz CT molecular complexity index is 327. The number of hydrogen-bond acceptors (Lipinski definition) is 5. The van der Waals surface area contributed by atoms with Gasteiger partial charge in [0.2, 0.25) is 5.91 Å². The molecule has 122 valence electrons. The standard InChI is InChI=1S/C15H29N3O3/c1-3-18-8-9-21-13(11-18)10-17-14(19)15(12-20-2)4-6-16-7-5-15/h13,16H,3-12H2,1-2H3,(H,17,19). The lowest BCUT2D eigenvalue weighted by Gasteiger charge is -2.37. The van der Waals surface area contributed by atoms with E-state index in [1.807, 2.05) is 0 Å². The quantitative estimate of drug-likeness (QED) is 0.713. The van der Waals surface area contributed by atoms with Gasteiger partial charge < -0.3 is 20.1 Å². The summed E-state index contributed by atoms with van der Waals surface area (Å²) in [6, 6.07) is 0. The number of carbonyl (C=O) groups is 1. The van der Waals surface area contributed by atoms with Gasteiger partial charge in [-0.1, -0.05) is 6.92 Å². The molecule has 0 bridgehead atoms. The van der Waals surface area contributed by atoms with E-state index in [1.54, 1.807) is 7.11 Å². The monoisotopic (exact) mass is 299 g/mol. The second kappa shape index (κ2) is 8.08. The molecule has 2 saturated heterocycles. The fourth-order valence-corrected chi connectivity index (χ4v) is 3.20. The molecule has 0 aromatic heterocycles. The summed E-state index contributed by atoms with van der Waals surface area (Å²) >= 11 is 0. The van der Waals surface area contributed by atoms with Crippen LogP contribution >= 0.6 is 0 Å². The molecule has 2 aliphatic heterocycles. The molecule has 6 heteroatoms. The van der Waals surface area contributed by atoms with Crippen LogP contribution in [0.5, 0.6) is 0 Å². The van der Waals surface area contributed by atoms with Crippen molar-refractivity contribution in [1.29, 1.82) is 0 Å². The minimum absolute atomic E-state index is 0.101. The van der Waals surface area contributed by atoms with Crippen LogP contribution in [0, 0.1) is 5.41 Å². The summed E-state index contributed by atoms with van der Waals surface area (Å²) in [7, 11) is 1.67. The third-order valence-corrected chi connectivity index (χ3v) is 4.62. The van der Waals surface area contributed by atoms with Gasteiger partial charge in [0.05, 0.1) is 24.7 Å². The molecule has 0 radical (unpaired) electrons. The molecular weight excluding hydrogens is 270 g/mol. The van der Waals surface area contributed by atoms with Gasteiger partial charge in [-0.3, -0.25) is 9.69 Å². The zero-order valence-corrected chi connectivity index (χ0v) is 13.3. The molecule has 0 aliphatic carbocycles. The zero-order valence-electron chi connectivity index (χ0n) is 13.3. The van der Waals surface area contributed by atoms with E-state index in [4.69, 9.17) is 9.47 Å². The maximum atomic E-state index is 12.6. The Morgan fingerprint density at radius 1 is 1.48 bits per heavy atom. The molecule has 2 N–H and O–H groups in total. The first-order chi connectivity index (χ1) is 10.2. The van der Waals surface area contributed by atoms with Gasteiger partial charge in [-0.15, -0.1) is 0 Å². The lowest BCUT2D eigenvalue weighted by Crippen LogP contribution is -2.53. The third-order valence-electron chi connectivity index (χ3n) is 4.62. The summed E-state index contributed by atoms with van der Waals surface area (Å²) in [5.74, 6) is 0.114. The van der Waals surface area contributed by atoms with Crippen LogP contribution in [0.15, 0.2) is 0 Å². The van der Waals surface area contributed by atoms with Crippen LogP contribution < -0.4 is 10.6 Å². The van der Waals surface area contributed by atoms with E-state index >= 15 is 0 Å². The highest BCUT2D eigenvalue weighted by atomic mass is 16.5. The van der Waals surface area contributed by atoms with Gasteiger partial charge in [0.25, 0.3) is 0 Å². The Morgan fingerprint density at radius 2 is 2.24 bits per heavy atom. The van der Waals surface area contributed by atoms with Gasteiger partial charge in [-0.05, 0) is 32.5 Å².